The maximum atomic E-state index is 3.96. The first-order chi connectivity index (χ1) is 5.90. The van der Waals surface area contributed by atoms with Crippen LogP contribution in [0.1, 0.15) is 5.56 Å². The summed E-state index contributed by atoms with van der Waals surface area (Å²) in [4.78, 5) is 7.11. The van der Waals surface area contributed by atoms with E-state index in [0.29, 0.717) is 0 Å². The molecule has 1 heterocycles. The summed E-state index contributed by atoms with van der Waals surface area (Å²) in [6.45, 7) is 0. The van der Waals surface area contributed by atoms with Crippen molar-refractivity contribution in [2.24, 2.45) is 4.99 Å². The molecular formula is C10H10N2. The summed E-state index contributed by atoms with van der Waals surface area (Å²) in [7, 11) is 1.78. The highest BCUT2D eigenvalue weighted by Gasteiger charge is 1.93. The van der Waals surface area contributed by atoms with Gasteiger partial charge in [0.15, 0.2) is 0 Å². The van der Waals surface area contributed by atoms with E-state index in [4.69, 9.17) is 0 Å². The molecule has 2 heteroatoms. The van der Waals surface area contributed by atoms with Gasteiger partial charge in [0.2, 0.25) is 0 Å². The monoisotopic (exact) mass is 158 g/mol. The van der Waals surface area contributed by atoms with Gasteiger partial charge in [0, 0.05) is 25.0 Å². The molecule has 2 nitrogen and oxygen atoms in total. The van der Waals surface area contributed by atoms with Gasteiger partial charge in [0.25, 0.3) is 0 Å². The SMILES string of the molecule is CN=Cc1ccc2[nH]ccc2c1. The van der Waals surface area contributed by atoms with Crippen LogP contribution in [0.4, 0.5) is 0 Å². The summed E-state index contributed by atoms with van der Waals surface area (Å²) >= 11 is 0. The zero-order chi connectivity index (χ0) is 8.39. The van der Waals surface area contributed by atoms with Crippen molar-refractivity contribution in [1.82, 2.24) is 4.98 Å². The van der Waals surface area contributed by atoms with Gasteiger partial charge in [-0.3, -0.25) is 4.99 Å². The summed E-state index contributed by atoms with van der Waals surface area (Å²) in [5.41, 5.74) is 2.31. The van der Waals surface area contributed by atoms with Crippen molar-refractivity contribution in [3.05, 3.63) is 36.0 Å². The van der Waals surface area contributed by atoms with Crippen LogP contribution in [0.5, 0.6) is 0 Å². The first kappa shape index (κ1) is 7.10. The number of benzene rings is 1. The number of fused-ring (bicyclic) bond motifs is 1. The first-order valence-electron chi connectivity index (χ1n) is 3.89. The molecule has 2 aromatic rings. The molecule has 0 aliphatic heterocycles. The fraction of sp³-hybridized carbons (Fsp3) is 0.100. The molecule has 2 rings (SSSR count). The molecule has 0 amide bonds. The van der Waals surface area contributed by atoms with Crippen molar-refractivity contribution in [2.75, 3.05) is 7.05 Å². The summed E-state index contributed by atoms with van der Waals surface area (Å²) in [5, 5.41) is 1.23. The van der Waals surface area contributed by atoms with Gasteiger partial charge in [-0.2, -0.15) is 0 Å². The maximum absolute atomic E-state index is 3.96. The Hall–Kier alpha value is -1.57. The van der Waals surface area contributed by atoms with Crippen molar-refractivity contribution in [1.29, 1.82) is 0 Å². The minimum absolute atomic E-state index is 1.14. The third kappa shape index (κ3) is 1.11. The molecule has 0 aliphatic carbocycles. The normalized spacial score (nSPS) is 11.4. The smallest absolute Gasteiger partial charge is 0.0454 e. The molecule has 0 spiro atoms. The van der Waals surface area contributed by atoms with E-state index in [1.54, 1.807) is 7.05 Å². The fourth-order valence-electron chi connectivity index (χ4n) is 1.30. The first-order valence-corrected chi connectivity index (χ1v) is 3.89. The molecule has 0 fully saturated rings. The average Bonchev–Trinajstić information content (AvgIpc) is 2.51. The Bertz CT molecular complexity index is 412. The molecule has 0 radical (unpaired) electrons. The molecule has 60 valence electrons. The Balaban J connectivity index is 2.60. The summed E-state index contributed by atoms with van der Waals surface area (Å²) in [5.74, 6) is 0. The van der Waals surface area contributed by atoms with Crippen molar-refractivity contribution in [3.8, 4) is 0 Å². The van der Waals surface area contributed by atoms with Gasteiger partial charge >= 0.3 is 0 Å². The van der Waals surface area contributed by atoms with Crippen LogP contribution in [-0.4, -0.2) is 18.2 Å². The Morgan fingerprint density at radius 3 is 3.08 bits per heavy atom. The Labute approximate surface area is 70.9 Å². The molecule has 0 saturated carbocycles. The molecular weight excluding hydrogens is 148 g/mol. The van der Waals surface area contributed by atoms with E-state index >= 15 is 0 Å². The van der Waals surface area contributed by atoms with Crippen LogP contribution in [-0.2, 0) is 0 Å². The van der Waals surface area contributed by atoms with E-state index < -0.39 is 0 Å². The molecule has 0 saturated heterocycles. The van der Waals surface area contributed by atoms with E-state index in [9.17, 15) is 0 Å². The summed E-state index contributed by atoms with van der Waals surface area (Å²) < 4.78 is 0. The van der Waals surface area contributed by atoms with Gasteiger partial charge in [-0.25, -0.2) is 0 Å². The second-order valence-corrected chi connectivity index (χ2v) is 2.71. The number of H-pyrrole nitrogens is 1. The number of nitrogens with one attached hydrogen (secondary N) is 1. The Morgan fingerprint density at radius 2 is 2.25 bits per heavy atom. The van der Waals surface area contributed by atoms with Gasteiger partial charge < -0.3 is 4.98 Å². The van der Waals surface area contributed by atoms with Crippen molar-refractivity contribution < 1.29 is 0 Å². The van der Waals surface area contributed by atoms with Crippen LogP contribution in [0, 0.1) is 0 Å². The number of aliphatic imine (C=N–C) groups is 1. The third-order valence-electron chi connectivity index (χ3n) is 1.86. The molecule has 1 N–H and O–H groups in total. The van der Waals surface area contributed by atoms with Gasteiger partial charge in [-0.1, -0.05) is 6.07 Å². The maximum Gasteiger partial charge on any atom is 0.0454 e. The van der Waals surface area contributed by atoms with Gasteiger partial charge in [0.05, 0.1) is 0 Å². The fourth-order valence-corrected chi connectivity index (χ4v) is 1.30. The predicted octanol–water partition coefficient (Wildman–Crippen LogP) is 2.22. The lowest BCUT2D eigenvalue weighted by atomic mass is 10.2. The van der Waals surface area contributed by atoms with E-state index in [1.165, 1.54) is 10.9 Å². The zero-order valence-corrected chi connectivity index (χ0v) is 6.91. The van der Waals surface area contributed by atoms with Crippen molar-refractivity contribution >= 4 is 17.1 Å². The van der Waals surface area contributed by atoms with E-state index in [0.717, 1.165) is 5.56 Å². The second kappa shape index (κ2) is 2.81. The molecule has 0 unspecified atom stereocenters. The second-order valence-electron chi connectivity index (χ2n) is 2.71. The summed E-state index contributed by atoms with van der Waals surface area (Å²) in [6.07, 6.45) is 3.80. The predicted molar refractivity (Wildman–Crippen MR) is 51.8 cm³/mol. The van der Waals surface area contributed by atoms with Gasteiger partial charge in [-0.05, 0) is 29.1 Å². The van der Waals surface area contributed by atoms with Gasteiger partial charge in [-0.15, -0.1) is 0 Å². The van der Waals surface area contributed by atoms with Crippen LogP contribution in [0.3, 0.4) is 0 Å². The molecule has 12 heavy (non-hydrogen) atoms. The lowest BCUT2D eigenvalue weighted by Gasteiger charge is -1.92. The van der Waals surface area contributed by atoms with Crippen LogP contribution in [0.25, 0.3) is 10.9 Å². The highest BCUT2D eigenvalue weighted by atomic mass is 14.7. The van der Waals surface area contributed by atoms with Crippen LogP contribution >= 0.6 is 0 Å². The zero-order valence-electron chi connectivity index (χ0n) is 6.91. The van der Waals surface area contributed by atoms with Crippen LogP contribution in [0.2, 0.25) is 0 Å². The van der Waals surface area contributed by atoms with Crippen molar-refractivity contribution in [3.63, 3.8) is 0 Å². The minimum atomic E-state index is 1.14. The number of hydrogen-bond acceptors (Lipinski definition) is 1. The third-order valence-corrected chi connectivity index (χ3v) is 1.86. The number of aromatic nitrogens is 1. The van der Waals surface area contributed by atoms with Crippen LogP contribution < -0.4 is 0 Å². The molecule has 0 bridgehead atoms. The van der Waals surface area contributed by atoms with E-state index in [2.05, 4.69) is 28.2 Å². The molecule has 1 aromatic carbocycles. The molecule has 0 aliphatic rings. The van der Waals surface area contributed by atoms with Crippen molar-refractivity contribution in [2.45, 2.75) is 0 Å². The Morgan fingerprint density at radius 1 is 1.33 bits per heavy atom. The minimum Gasteiger partial charge on any atom is -0.361 e. The largest absolute Gasteiger partial charge is 0.361 e. The highest BCUT2D eigenvalue weighted by molar-refractivity contribution is 5.88. The van der Waals surface area contributed by atoms with Crippen LogP contribution in [0.15, 0.2) is 35.5 Å². The topological polar surface area (TPSA) is 28.1 Å². The molecule has 0 atom stereocenters. The number of aromatic amines is 1. The lowest BCUT2D eigenvalue weighted by molar-refractivity contribution is 1.46. The van der Waals surface area contributed by atoms with E-state index in [-0.39, 0.29) is 0 Å². The average molecular weight is 158 g/mol. The quantitative estimate of drug-likeness (QED) is 0.616. The summed E-state index contributed by atoms with van der Waals surface area (Å²) in [6, 6.07) is 8.28. The lowest BCUT2D eigenvalue weighted by Crippen LogP contribution is -1.78. The number of nitrogens with zero attached hydrogens (tertiary/aromatic N) is 1. The van der Waals surface area contributed by atoms with Gasteiger partial charge in [0.1, 0.15) is 0 Å². The standard InChI is InChI=1S/C10H10N2/c1-11-7-8-2-3-10-9(6-8)4-5-12-10/h2-7,12H,1H3. The number of rotatable bonds is 1. The van der Waals surface area contributed by atoms with E-state index in [1.807, 2.05) is 18.5 Å². The molecule has 1 aromatic heterocycles. The number of hydrogen-bond donors (Lipinski definition) is 1. The highest BCUT2D eigenvalue weighted by Crippen LogP contribution is 2.12. The Kier molecular flexibility index (Phi) is 1.67.